The Kier molecular flexibility index (Phi) is 7.37. The van der Waals surface area contributed by atoms with Gasteiger partial charge in [0.2, 0.25) is 5.00 Å². The van der Waals surface area contributed by atoms with Crippen molar-refractivity contribution in [2.24, 2.45) is 0 Å². The average molecular weight is 622 g/mol. The summed E-state index contributed by atoms with van der Waals surface area (Å²) in [6.07, 6.45) is 0. The van der Waals surface area contributed by atoms with Gasteiger partial charge < -0.3 is 4.74 Å². The van der Waals surface area contributed by atoms with E-state index >= 15 is 0 Å². The lowest BCUT2D eigenvalue weighted by molar-refractivity contribution is 0.0594. The predicted molar refractivity (Wildman–Crippen MR) is 170 cm³/mol. The van der Waals surface area contributed by atoms with Crippen molar-refractivity contribution in [1.29, 1.82) is 0 Å². The summed E-state index contributed by atoms with van der Waals surface area (Å²) >= 11 is 1.23. The van der Waals surface area contributed by atoms with Crippen LogP contribution >= 0.6 is 11.3 Å². The molecule has 0 saturated carbocycles. The van der Waals surface area contributed by atoms with Crippen LogP contribution in [0.5, 0.6) is 0 Å². The standard InChI is InChI=1S/C34H24FN3O4S2/c1-20-8-11-25(12-9-20)44(40,41)38-30-15-10-24(35)19-28(30)31(27-16-17-43-33(27)36-3)32(38)23-7-5-6-22(18-23)26-13-14-29(34(39)42-4)37-21(26)2/h5-19H,1-2,4H3. The molecule has 0 spiro atoms. The highest BCUT2D eigenvalue weighted by Gasteiger charge is 2.30. The Morgan fingerprint density at radius 2 is 1.70 bits per heavy atom. The van der Waals surface area contributed by atoms with Crippen molar-refractivity contribution in [2.75, 3.05) is 7.11 Å². The summed E-state index contributed by atoms with van der Waals surface area (Å²) in [7, 11) is -2.92. The summed E-state index contributed by atoms with van der Waals surface area (Å²) in [5, 5.41) is 2.49. The molecule has 3 heterocycles. The minimum atomic E-state index is -4.21. The fraction of sp³-hybridized carbons (Fsp3) is 0.0882. The van der Waals surface area contributed by atoms with Gasteiger partial charge in [-0.15, -0.1) is 0 Å². The van der Waals surface area contributed by atoms with Crippen LogP contribution in [0.3, 0.4) is 0 Å². The number of carbonyl (C=O) groups excluding carboxylic acids is 1. The van der Waals surface area contributed by atoms with Gasteiger partial charge in [0.15, 0.2) is 0 Å². The number of hydrogen-bond acceptors (Lipinski definition) is 6. The van der Waals surface area contributed by atoms with Gasteiger partial charge in [-0.05, 0) is 67.3 Å². The molecule has 6 aromatic rings. The third kappa shape index (κ3) is 4.86. The molecule has 0 aliphatic rings. The van der Waals surface area contributed by atoms with Gasteiger partial charge in [-0.3, -0.25) is 0 Å². The normalized spacial score (nSPS) is 11.4. The Morgan fingerprint density at radius 1 is 0.955 bits per heavy atom. The number of methoxy groups -OCH3 is 1. The van der Waals surface area contributed by atoms with Crippen molar-refractivity contribution >= 4 is 43.2 Å². The zero-order valence-electron chi connectivity index (χ0n) is 23.8. The molecular formula is C34H24FN3O4S2. The second-order valence-electron chi connectivity index (χ2n) is 10.1. The van der Waals surface area contributed by atoms with Gasteiger partial charge in [-0.1, -0.05) is 48.0 Å². The van der Waals surface area contributed by atoms with E-state index in [1.54, 1.807) is 66.9 Å². The minimum Gasteiger partial charge on any atom is -0.464 e. The lowest BCUT2D eigenvalue weighted by atomic mass is 9.96. The van der Waals surface area contributed by atoms with E-state index in [0.29, 0.717) is 38.5 Å². The van der Waals surface area contributed by atoms with Gasteiger partial charge in [-0.25, -0.2) is 31.4 Å². The van der Waals surface area contributed by atoms with Crippen LogP contribution in [0.4, 0.5) is 9.39 Å². The summed E-state index contributed by atoms with van der Waals surface area (Å²) in [4.78, 5) is 20.2. The Balaban J connectivity index is 1.70. The molecular weight excluding hydrogens is 598 g/mol. The molecule has 0 aliphatic carbocycles. The number of fused-ring (bicyclic) bond motifs is 1. The van der Waals surface area contributed by atoms with Crippen molar-refractivity contribution in [3.05, 3.63) is 124 Å². The molecule has 3 aromatic carbocycles. The topological polar surface area (TPSA) is 82.6 Å². The number of hydrogen-bond donors (Lipinski definition) is 0. The summed E-state index contributed by atoms with van der Waals surface area (Å²) in [6.45, 7) is 11.4. The summed E-state index contributed by atoms with van der Waals surface area (Å²) in [5.74, 6) is -1.08. The lowest BCUT2D eigenvalue weighted by Crippen LogP contribution is -2.14. The number of benzene rings is 3. The van der Waals surface area contributed by atoms with Gasteiger partial charge >= 0.3 is 5.97 Å². The number of carbonyl (C=O) groups is 1. The number of nitrogens with zero attached hydrogens (tertiary/aromatic N) is 3. The number of esters is 1. The molecule has 0 bridgehead atoms. The van der Waals surface area contributed by atoms with E-state index in [2.05, 4.69) is 9.83 Å². The smallest absolute Gasteiger partial charge is 0.356 e. The van der Waals surface area contributed by atoms with Crippen LogP contribution in [0.2, 0.25) is 0 Å². The molecule has 0 amide bonds. The first-order chi connectivity index (χ1) is 21.1. The highest BCUT2D eigenvalue weighted by atomic mass is 32.2. The molecule has 0 fully saturated rings. The monoisotopic (exact) mass is 621 g/mol. The molecule has 218 valence electrons. The maximum Gasteiger partial charge on any atom is 0.356 e. The second kappa shape index (κ2) is 11.2. The first kappa shape index (κ1) is 29.0. The number of ether oxygens (including phenoxy) is 1. The van der Waals surface area contributed by atoms with E-state index < -0.39 is 21.8 Å². The molecule has 0 radical (unpaired) electrons. The molecule has 10 heteroatoms. The van der Waals surface area contributed by atoms with E-state index in [9.17, 15) is 17.6 Å². The van der Waals surface area contributed by atoms with Gasteiger partial charge in [0.25, 0.3) is 10.0 Å². The Bertz CT molecular complexity index is 2250. The van der Waals surface area contributed by atoms with Gasteiger partial charge in [-0.2, -0.15) is 11.3 Å². The molecule has 0 aliphatic heterocycles. The predicted octanol–water partition coefficient (Wildman–Crippen LogP) is 8.43. The second-order valence-corrected chi connectivity index (χ2v) is 12.8. The SMILES string of the molecule is [C-]#[N+]c1sccc1-c1c(-c2cccc(-c3ccc(C(=O)OC)nc3C)c2)n(S(=O)(=O)c2ccc(C)cc2)c2ccc(F)cc12. The molecule has 0 atom stereocenters. The highest BCUT2D eigenvalue weighted by molar-refractivity contribution is 7.90. The van der Waals surface area contributed by atoms with E-state index in [4.69, 9.17) is 11.3 Å². The van der Waals surface area contributed by atoms with Crippen LogP contribution in [0.25, 0.3) is 49.3 Å². The van der Waals surface area contributed by atoms with Crippen molar-refractivity contribution in [3.8, 4) is 33.5 Å². The van der Waals surface area contributed by atoms with Crippen molar-refractivity contribution < 1.29 is 22.3 Å². The van der Waals surface area contributed by atoms with Crippen LogP contribution in [0.15, 0.2) is 95.2 Å². The Morgan fingerprint density at radius 3 is 2.41 bits per heavy atom. The van der Waals surface area contributed by atoms with Crippen molar-refractivity contribution in [1.82, 2.24) is 8.96 Å². The van der Waals surface area contributed by atoms with Crippen LogP contribution < -0.4 is 0 Å². The molecule has 0 N–H and O–H groups in total. The fourth-order valence-corrected chi connectivity index (χ4v) is 7.56. The number of aryl methyl sites for hydroxylation is 2. The fourth-order valence-electron chi connectivity index (χ4n) is 5.33. The molecule has 3 aromatic heterocycles. The zero-order chi connectivity index (χ0) is 31.2. The number of aromatic nitrogens is 2. The molecule has 0 unspecified atom stereocenters. The Labute approximate surface area is 257 Å². The lowest BCUT2D eigenvalue weighted by Gasteiger charge is -2.15. The maximum atomic E-state index is 14.8. The molecule has 44 heavy (non-hydrogen) atoms. The first-order valence-electron chi connectivity index (χ1n) is 13.4. The first-order valence-corrected chi connectivity index (χ1v) is 15.7. The highest BCUT2D eigenvalue weighted by Crippen LogP contribution is 2.48. The molecule has 6 rings (SSSR count). The number of halogens is 1. The van der Waals surface area contributed by atoms with Crippen LogP contribution in [-0.4, -0.2) is 30.5 Å². The third-order valence-electron chi connectivity index (χ3n) is 7.39. The van der Waals surface area contributed by atoms with E-state index in [1.807, 2.05) is 19.1 Å². The zero-order valence-corrected chi connectivity index (χ0v) is 25.5. The summed E-state index contributed by atoms with van der Waals surface area (Å²) in [6, 6.07) is 22.9. The van der Waals surface area contributed by atoms with Crippen LogP contribution in [-0.2, 0) is 14.8 Å². The molecule has 0 saturated heterocycles. The van der Waals surface area contributed by atoms with Gasteiger partial charge in [0.05, 0.1) is 29.8 Å². The Hall–Kier alpha value is -5.11. The summed E-state index contributed by atoms with van der Waals surface area (Å²) < 4.78 is 49.8. The van der Waals surface area contributed by atoms with Gasteiger partial charge in [0, 0.05) is 33.3 Å². The number of thiophene rings is 1. The van der Waals surface area contributed by atoms with Crippen molar-refractivity contribution in [3.63, 3.8) is 0 Å². The third-order valence-corrected chi connectivity index (χ3v) is 9.92. The largest absolute Gasteiger partial charge is 0.464 e. The van der Waals surface area contributed by atoms with Gasteiger partial charge in [0.1, 0.15) is 11.5 Å². The van der Waals surface area contributed by atoms with Crippen molar-refractivity contribution in [2.45, 2.75) is 18.7 Å². The van der Waals surface area contributed by atoms with E-state index in [-0.39, 0.29) is 16.1 Å². The maximum absolute atomic E-state index is 14.8. The number of rotatable bonds is 6. The van der Waals surface area contributed by atoms with Crippen LogP contribution in [0.1, 0.15) is 21.7 Å². The molecule has 7 nitrogen and oxygen atoms in total. The van der Waals surface area contributed by atoms with Crippen LogP contribution in [0, 0.1) is 26.2 Å². The number of pyridine rings is 1. The van der Waals surface area contributed by atoms with E-state index in [1.165, 1.54) is 40.6 Å². The minimum absolute atomic E-state index is 0.0717. The summed E-state index contributed by atoms with van der Waals surface area (Å²) in [5.41, 5.74) is 5.17. The quantitative estimate of drug-likeness (QED) is 0.138. The van der Waals surface area contributed by atoms with E-state index in [0.717, 1.165) is 16.7 Å². The average Bonchev–Trinajstić information content (AvgIpc) is 3.63.